The molecule has 1 aromatic rings. The van der Waals surface area contributed by atoms with E-state index >= 15 is 0 Å². The van der Waals surface area contributed by atoms with Gasteiger partial charge in [0.05, 0.1) is 12.1 Å². The first kappa shape index (κ1) is 16.3. The number of rotatable bonds is 2. The molecule has 0 bridgehead atoms. The van der Waals surface area contributed by atoms with Crippen LogP contribution in [0.2, 0.25) is 0 Å². The standard InChI is InChI=1S/C17H20N2O5/c1-11(16(22)23)19-9-8-17(7-6-14(19)20)10-18-15(21)12-4-2-3-5-13(12)24-17/h2-5,11H,6-10H2,1H3,(H,18,21)(H,22,23)/t11-,17-/m0/s1. The summed E-state index contributed by atoms with van der Waals surface area (Å²) < 4.78 is 6.16. The van der Waals surface area contributed by atoms with Crippen LogP contribution in [0.5, 0.6) is 5.75 Å². The third-order valence-corrected chi connectivity index (χ3v) is 4.78. The van der Waals surface area contributed by atoms with Gasteiger partial charge in [0.25, 0.3) is 5.91 Å². The largest absolute Gasteiger partial charge is 0.485 e. The predicted octanol–water partition coefficient (Wildman–Crippen LogP) is 1.03. The van der Waals surface area contributed by atoms with Crippen molar-refractivity contribution < 1.29 is 24.2 Å². The number of hydrogen-bond donors (Lipinski definition) is 2. The lowest BCUT2D eigenvalue weighted by Gasteiger charge is -2.32. The molecule has 7 nitrogen and oxygen atoms in total. The Kier molecular flexibility index (Phi) is 4.17. The zero-order valence-electron chi connectivity index (χ0n) is 13.4. The van der Waals surface area contributed by atoms with E-state index in [4.69, 9.17) is 4.74 Å². The maximum absolute atomic E-state index is 12.3. The molecule has 2 aliphatic heterocycles. The van der Waals surface area contributed by atoms with Crippen molar-refractivity contribution in [2.75, 3.05) is 13.1 Å². The maximum Gasteiger partial charge on any atom is 0.326 e. The van der Waals surface area contributed by atoms with Gasteiger partial charge < -0.3 is 20.1 Å². The molecule has 0 aromatic heterocycles. The molecule has 3 rings (SSSR count). The highest BCUT2D eigenvalue weighted by molar-refractivity contribution is 5.97. The van der Waals surface area contributed by atoms with Gasteiger partial charge in [0.1, 0.15) is 17.4 Å². The van der Waals surface area contributed by atoms with Crippen LogP contribution in [0.25, 0.3) is 0 Å². The maximum atomic E-state index is 12.3. The minimum atomic E-state index is -1.03. The Morgan fingerprint density at radius 2 is 2.08 bits per heavy atom. The molecular formula is C17H20N2O5. The van der Waals surface area contributed by atoms with Crippen LogP contribution >= 0.6 is 0 Å². The quantitative estimate of drug-likeness (QED) is 0.843. The van der Waals surface area contributed by atoms with Gasteiger partial charge in [-0.15, -0.1) is 0 Å². The zero-order valence-corrected chi connectivity index (χ0v) is 13.4. The number of nitrogens with zero attached hydrogens (tertiary/aromatic N) is 1. The molecule has 1 aromatic carbocycles. The molecule has 0 unspecified atom stereocenters. The van der Waals surface area contributed by atoms with Crippen LogP contribution in [0, 0.1) is 0 Å². The van der Waals surface area contributed by atoms with Crippen LogP contribution in [0.15, 0.2) is 24.3 Å². The van der Waals surface area contributed by atoms with Crippen molar-refractivity contribution in [3.05, 3.63) is 29.8 Å². The Balaban J connectivity index is 1.86. The molecule has 128 valence electrons. The van der Waals surface area contributed by atoms with Crippen LogP contribution in [-0.4, -0.2) is 52.5 Å². The van der Waals surface area contributed by atoms with Gasteiger partial charge in [0.2, 0.25) is 5.91 Å². The molecule has 7 heteroatoms. The number of hydrogen-bond acceptors (Lipinski definition) is 4. The highest BCUT2D eigenvalue weighted by Gasteiger charge is 2.41. The fourth-order valence-corrected chi connectivity index (χ4v) is 3.22. The van der Waals surface area contributed by atoms with Crippen molar-refractivity contribution in [3.63, 3.8) is 0 Å². The van der Waals surface area contributed by atoms with E-state index in [2.05, 4.69) is 5.32 Å². The lowest BCUT2D eigenvalue weighted by atomic mass is 9.94. The first-order chi connectivity index (χ1) is 11.4. The number of aliphatic carboxylic acids is 1. The van der Waals surface area contributed by atoms with E-state index in [1.165, 1.54) is 11.8 Å². The number of fused-ring (bicyclic) bond motifs is 1. The van der Waals surface area contributed by atoms with Crippen LogP contribution < -0.4 is 10.1 Å². The van der Waals surface area contributed by atoms with Gasteiger partial charge in [-0.05, 0) is 25.5 Å². The summed E-state index contributed by atoms with van der Waals surface area (Å²) in [5.41, 5.74) is -0.231. The number of benzene rings is 1. The number of carboxylic acid groups (broad SMARTS) is 1. The van der Waals surface area contributed by atoms with Crippen molar-refractivity contribution in [2.45, 2.75) is 37.8 Å². The lowest BCUT2D eigenvalue weighted by Crippen LogP contribution is -2.47. The first-order valence-electron chi connectivity index (χ1n) is 8.00. The zero-order chi connectivity index (χ0) is 17.3. The summed E-state index contributed by atoms with van der Waals surface area (Å²) in [5, 5.41) is 12.0. The van der Waals surface area contributed by atoms with E-state index < -0.39 is 17.6 Å². The first-order valence-corrected chi connectivity index (χ1v) is 8.00. The molecule has 0 radical (unpaired) electrons. The summed E-state index contributed by atoms with van der Waals surface area (Å²) in [6, 6.07) is 6.13. The second-order valence-electron chi connectivity index (χ2n) is 6.32. The second-order valence-corrected chi connectivity index (χ2v) is 6.32. The molecular weight excluding hydrogens is 312 g/mol. The van der Waals surface area contributed by atoms with Gasteiger partial charge in [0.15, 0.2) is 0 Å². The second kappa shape index (κ2) is 6.14. The molecule has 2 aliphatic rings. The summed E-state index contributed by atoms with van der Waals surface area (Å²) in [6.07, 6.45) is 1.09. The van der Waals surface area contributed by atoms with Gasteiger partial charge in [-0.1, -0.05) is 12.1 Å². The van der Waals surface area contributed by atoms with Crippen molar-refractivity contribution in [1.82, 2.24) is 10.2 Å². The fraction of sp³-hybridized carbons (Fsp3) is 0.471. The van der Waals surface area contributed by atoms with Crippen molar-refractivity contribution in [1.29, 1.82) is 0 Å². The van der Waals surface area contributed by atoms with Gasteiger partial charge in [-0.2, -0.15) is 0 Å². The number of ether oxygens (including phenoxy) is 1. The smallest absolute Gasteiger partial charge is 0.326 e. The van der Waals surface area contributed by atoms with Crippen LogP contribution in [0.4, 0.5) is 0 Å². The lowest BCUT2D eigenvalue weighted by molar-refractivity contribution is -0.149. The molecule has 1 fully saturated rings. The summed E-state index contributed by atoms with van der Waals surface area (Å²) in [5.74, 6) is -0.928. The Labute approximate surface area is 139 Å². The average Bonchev–Trinajstić information content (AvgIpc) is 2.81. The van der Waals surface area contributed by atoms with E-state index in [1.54, 1.807) is 24.3 Å². The summed E-state index contributed by atoms with van der Waals surface area (Å²) in [7, 11) is 0. The summed E-state index contributed by atoms with van der Waals surface area (Å²) in [4.78, 5) is 37.1. The Morgan fingerprint density at radius 3 is 2.83 bits per heavy atom. The number of likely N-dealkylation sites (tertiary alicyclic amines) is 1. The Bertz CT molecular complexity index is 689. The van der Waals surface area contributed by atoms with E-state index in [0.717, 1.165) is 0 Å². The Hall–Kier alpha value is -2.57. The molecule has 1 saturated heterocycles. The molecule has 2 heterocycles. The third-order valence-electron chi connectivity index (χ3n) is 4.78. The van der Waals surface area contributed by atoms with Crippen molar-refractivity contribution in [2.24, 2.45) is 0 Å². The topological polar surface area (TPSA) is 95.9 Å². The number of carboxylic acids is 1. The Morgan fingerprint density at radius 1 is 1.33 bits per heavy atom. The van der Waals surface area contributed by atoms with E-state index in [9.17, 15) is 19.5 Å². The number of carbonyl (C=O) groups is 3. The molecule has 24 heavy (non-hydrogen) atoms. The van der Waals surface area contributed by atoms with E-state index in [-0.39, 0.29) is 24.8 Å². The molecule has 2 N–H and O–H groups in total. The highest BCUT2D eigenvalue weighted by atomic mass is 16.5. The van der Waals surface area contributed by atoms with Crippen LogP contribution in [-0.2, 0) is 9.59 Å². The predicted molar refractivity (Wildman–Crippen MR) is 84.8 cm³/mol. The van der Waals surface area contributed by atoms with Gasteiger partial charge in [-0.25, -0.2) is 4.79 Å². The number of amides is 2. The summed E-state index contributed by atoms with van der Waals surface area (Å²) in [6.45, 7) is 2.08. The van der Waals surface area contributed by atoms with Crippen LogP contribution in [0.3, 0.4) is 0 Å². The fourth-order valence-electron chi connectivity index (χ4n) is 3.22. The molecule has 0 aliphatic carbocycles. The van der Waals surface area contributed by atoms with Gasteiger partial charge in [-0.3, -0.25) is 9.59 Å². The average molecular weight is 332 g/mol. The minimum Gasteiger partial charge on any atom is -0.485 e. The molecule has 2 amide bonds. The number of nitrogens with one attached hydrogen (secondary N) is 1. The normalized spacial score (nSPS) is 25.1. The van der Waals surface area contributed by atoms with Gasteiger partial charge in [0, 0.05) is 19.4 Å². The molecule has 2 atom stereocenters. The summed E-state index contributed by atoms with van der Waals surface area (Å²) >= 11 is 0. The van der Waals surface area contributed by atoms with Gasteiger partial charge >= 0.3 is 5.97 Å². The van der Waals surface area contributed by atoms with E-state index in [1.807, 2.05) is 0 Å². The molecule has 0 saturated carbocycles. The third kappa shape index (κ3) is 2.93. The monoisotopic (exact) mass is 332 g/mol. The SMILES string of the molecule is C[C@@H](C(=O)O)N1CC[C@@]2(CCC1=O)CNC(=O)c1ccccc1O2. The highest BCUT2D eigenvalue weighted by Crippen LogP contribution is 2.33. The molecule has 1 spiro atoms. The minimum absolute atomic E-state index is 0.190. The van der Waals surface area contributed by atoms with Crippen molar-refractivity contribution >= 4 is 17.8 Å². The number of para-hydroxylation sites is 1. The van der Waals surface area contributed by atoms with Crippen LogP contribution in [0.1, 0.15) is 36.5 Å². The van der Waals surface area contributed by atoms with Crippen molar-refractivity contribution in [3.8, 4) is 5.75 Å². The van der Waals surface area contributed by atoms with E-state index in [0.29, 0.717) is 30.7 Å². The number of carbonyl (C=O) groups excluding carboxylic acids is 2.